The molecule has 0 heterocycles. The molecule has 0 spiro atoms. The molecule has 2 heteroatoms. The van der Waals surface area contributed by atoms with E-state index in [1.54, 1.807) is 7.11 Å². The van der Waals surface area contributed by atoms with E-state index in [9.17, 15) is 4.79 Å². The number of methoxy groups -OCH3 is 1. The van der Waals surface area contributed by atoms with Crippen molar-refractivity contribution in [2.75, 3.05) is 7.11 Å². The minimum atomic E-state index is 0.125. The smallest absolute Gasteiger partial charge is 0.166 e. The molecule has 1 aromatic carbocycles. The van der Waals surface area contributed by atoms with Gasteiger partial charge in [0.25, 0.3) is 0 Å². The minimum Gasteiger partial charge on any atom is -0.501 e. The van der Waals surface area contributed by atoms with Gasteiger partial charge in [0.2, 0.25) is 0 Å². The normalized spacial score (nSPS) is 22.3. The Balaban J connectivity index is 1.76. The van der Waals surface area contributed by atoms with Crippen LogP contribution in [-0.4, -0.2) is 12.9 Å². The van der Waals surface area contributed by atoms with Gasteiger partial charge >= 0.3 is 0 Å². The van der Waals surface area contributed by atoms with Crippen LogP contribution in [0.3, 0.4) is 0 Å². The predicted molar refractivity (Wildman–Crippen MR) is 74.6 cm³/mol. The first-order valence-electron chi connectivity index (χ1n) is 6.82. The second-order valence-electron chi connectivity index (χ2n) is 5.29. The lowest BCUT2D eigenvalue weighted by Crippen LogP contribution is -2.12. The second-order valence-corrected chi connectivity index (χ2v) is 5.29. The highest BCUT2D eigenvalue weighted by Gasteiger charge is 2.33. The number of ether oxygens (including phenoxy) is 1. The lowest BCUT2D eigenvalue weighted by atomic mass is 9.94. The summed E-state index contributed by atoms with van der Waals surface area (Å²) in [5, 5.41) is 0. The highest BCUT2D eigenvalue weighted by atomic mass is 16.5. The zero-order chi connectivity index (χ0) is 13.2. The Bertz CT molecular complexity index is 552. The lowest BCUT2D eigenvalue weighted by molar-refractivity contribution is -0.118. The van der Waals surface area contributed by atoms with Gasteiger partial charge in [-0.05, 0) is 30.9 Å². The van der Waals surface area contributed by atoms with Crippen molar-refractivity contribution in [3.05, 3.63) is 58.9 Å². The molecule has 0 amide bonds. The lowest BCUT2D eigenvalue weighted by Gasteiger charge is -2.12. The van der Waals surface area contributed by atoms with E-state index in [1.165, 1.54) is 11.1 Å². The molecule has 0 N–H and O–H groups in total. The second kappa shape index (κ2) is 5.04. The highest BCUT2D eigenvalue weighted by molar-refractivity contribution is 6.03. The van der Waals surface area contributed by atoms with Crippen molar-refractivity contribution in [3.8, 4) is 0 Å². The van der Waals surface area contributed by atoms with Gasteiger partial charge in [-0.15, -0.1) is 0 Å². The number of ketones is 1. The molecule has 19 heavy (non-hydrogen) atoms. The first kappa shape index (κ1) is 12.2. The van der Waals surface area contributed by atoms with Crippen molar-refractivity contribution in [1.29, 1.82) is 0 Å². The quantitative estimate of drug-likeness (QED) is 0.826. The summed E-state index contributed by atoms with van der Waals surface area (Å²) in [6.07, 6.45) is 5.64. The number of carbonyl (C=O) groups excluding carboxylic acids is 1. The number of benzene rings is 1. The molecule has 0 aliphatic heterocycles. The molecule has 0 fully saturated rings. The van der Waals surface area contributed by atoms with Crippen LogP contribution in [-0.2, 0) is 16.0 Å². The number of carbonyl (C=O) groups is 1. The summed E-state index contributed by atoms with van der Waals surface area (Å²) in [6.45, 7) is 0. The van der Waals surface area contributed by atoms with Gasteiger partial charge in [-0.25, -0.2) is 0 Å². The van der Waals surface area contributed by atoms with E-state index in [1.807, 2.05) is 24.3 Å². The Morgan fingerprint density at radius 2 is 2.00 bits per heavy atom. The van der Waals surface area contributed by atoms with Gasteiger partial charge in [0.15, 0.2) is 5.78 Å². The molecule has 1 aromatic rings. The fraction of sp³-hybridized carbons (Fsp3) is 0.353. The Morgan fingerprint density at radius 3 is 2.74 bits per heavy atom. The average Bonchev–Trinajstić information content (AvgIpc) is 2.76. The van der Waals surface area contributed by atoms with Gasteiger partial charge in [0.05, 0.1) is 12.9 Å². The molecular weight excluding hydrogens is 236 g/mol. The molecule has 2 aliphatic rings. The van der Waals surface area contributed by atoms with E-state index in [0.29, 0.717) is 5.78 Å². The average molecular weight is 254 g/mol. The van der Waals surface area contributed by atoms with Crippen LogP contribution in [0.15, 0.2) is 53.3 Å². The van der Waals surface area contributed by atoms with Gasteiger partial charge in [-0.1, -0.05) is 35.9 Å². The summed E-state index contributed by atoms with van der Waals surface area (Å²) in [6, 6.07) is 10.3. The van der Waals surface area contributed by atoms with Crippen LogP contribution >= 0.6 is 0 Å². The van der Waals surface area contributed by atoms with Crippen LogP contribution in [0.1, 0.15) is 24.8 Å². The van der Waals surface area contributed by atoms with Crippen molar-refractivity contribution < 1.29 is 9.53 Å². The zero-order valence-electron chi connectivity index (χ0n) is 11.2. The largest absolute Gasteiger partial charge is 0.501 e. The Morgan fingerprint density at radius 1 is 1.21 bits per heavy atom. The third kappa shape index (κ3) is 2.35. The Kier molecular flexibility index (Phi) is 3.24. The number of rotatable bonds is 3. The maximum atomic E-state index is 12.4. The van der Waals surface area contributed by atoms with Crippen LogP contribution in [0.4, 0.5) is 0 Å². The minimum absolute atomic E-state index is 0.125. The third-order valence-corrected chi connectivity index (χ3v) is 4.08. The summed E-state index contributed by atoms with van der Waals surface area (Å²) in [5.41, 5.74) is 3.49. The first-order valence-corrected chi connectivity index (χ1v) is 6.82. The fourth-order valence-electron chi connectivity index (χ4n) is 3.04. The third-order valence-electron chi connectivity index (χ3n) is 4.08. The standard InChI is InChI=1S/C17H18O2/c1-19-15-8-7-13-10-14(17(18)16(13)11-15)9-12-5-3-2-4-6-12/h2-6,11,14H,7-10H2,1H3. The molecule has 1 unspecified atom stereocenters. The van der Waals surface area contributed by atoms with E-state index < -0.39 is 0 Å². The molecule has 0 radical (unpaired) electrons. The monoisotopic (exact) mass is 254 g/mol. The summed E-state index contributed by atoms with van der Waals surface area (Å²) in [7, 11) is 1.68. The maximum Gasteiger partial charge on any atom is 0.166 e. The Hall–Kier alpha value is -1.83. The molecular formula is C17H18O2. The first-order chi connectivity index (χ1) is 9.28. The molecule has 98 valence electrons. The summed E-state index contributed by atoms with van der Waals surface area (Å²) in [4.78, 5) is 12.4. The van der Waals surface area contributed by atoms with E-state index in [4.69, 9.17) is 4.74 Å². The Labute approximate surface area is 113 Å². The number of hydrogen-bond donors (Lipinski definition) is 0. The SMILES string of the molecule is COC1=CC2=C(CC1)CC(Cc1ccccc1)C2=O. The summed E-state index contributed by atoms with van der Waals surface area (Å²) >= 11 is 0. The number of hydrogen-bond acceptors (Lipinski definition) is 2. The van der Waals surface area contributed by atoms with Gasteiger partial charge in [-0.2, -0.15) is 0 Å². The number of Topliss-reactive ketones (excluding diaryl/α,β-unsaturated/α-hetero) is 1. The van der Waals surface area contributed by atoms with Crippen LogP contribution in [0, 0.1) is 5.92 Å². The van der Waals surface area contributed by atoms with Crippen molar-refractivity contribution in [2.24, 2.45) is 5.92 Å². The van der Waals surface area contributed by atoms with E-state index in [-0.39, 0.29) is 5.92 Å². The van der Waals surface area contributed by atoms with Crippen molar-refractivity contribution >= 4 is 5.78 Å². The van der Waals surface area contributed by atoms with Crippen LogP contribution in [0.25, 0.3) is 0 Å². The summed E-state index contributed by atoms with van der Waals surface area (Å²) in [5.74, 6) is 1.36. The topological polar surface area (TPSA) is 26.3 Å². The van der Waals surface area contributed by atoms with Gasteiger partial charge in [0.1, 0.15) is 0 Å². The maximum absolute atomic E-state index is 12.4. The zero-order valence-corrected chi connectivity index (χ0v) is 11.2. The van der Waals surface area contributed by atoms with Crippen molar-refractivity contribution in [2.45, 2.75) is 25.7 Å². The molecule has 0 bridgehead atoms. The molecule has 2 aliphatic carbocycles. The van der Waals surface area contributed by atoms with Crippen molar-refractivity contribution in [1.82, 2.24) is 0 Å². The van der Waals surface area contributed by atoms with Gasteiger partial charge in [-0.3, -0.25) is 4.79 Å². The molecule has 0 saturated carbocycles. The molecule has 0 saturated heterocycles. The van der Waals surface area contributed by atoms with Crippen LogP contribution in [0.5, 0.6) is 0 Å². The number of allylic oxidation sites excluding steroid dienone is 4. The predicted octanol–water partition coefficient (Wildman–Crippen LogP) is 3.44. The van der Waals surface area contributed by atoms with E-state index in [2.05, 4.69) is 12.1 Å². The fourth-order valence-corrected chi connectivity index (χ4v) is 3.04. The van der Waals surface area contributed by atoms with Crippen LogP contribution < -0.4 is 0 Å². The van der Waals surface area contributed by atoms with Crippen molar-refractivity contribution in [3.63, 3.8) is 0 Å². The molecule has 3 rings (SSSR count). The highest BCUT2D eigenvalue weighted by Crippen LogP contribution is 2.38. The van der Waals surface area contributed by atoms with Crippen LogP contribution in [0.2, 0.25) is 0 Å². The molecule has 0 aromatic heterocycles. The van der Waals surface area contributed by atoms with Gasteiger partial charge < -0.3 is 4.74 Å². The molecule has 2 nitrogen and oxygen atoms in total. The molecule has 1 atom stereocenters. The van der Waals surface area contributed by atoms with E-state index in [0.717, 1.165) is 37.0 Å². The van der Waals surface area contributed by atoms with Gasteiger partial charge in [0, 0.05) is 17.9 Å². The summed E-state index contributed by atoms with van der Waals surface area (Å²) < 4.78 is 5.28. The van der Waals surface area contributed by atoms with E-state index >= 15 is 0 Å².